The molecule has 2 aromatic carbocycles. The second-order valence-corrected chi connectivity index (χ2v) is 6.76. The summed E-state index contributed by atoms with van der Waals surface area (Å²) < 4.78 is 3.09. The zero-order valence-corrected chi connectivity index (χ0v) is 15.4. The van der Waals surface area contributed by atoms with E-state index in [0.29, 0.717) is 16.2 Å². The fraction of sp³-hybridized carbons (Fsp3) is 0.150. The van der Waals surface area contributed by atoms with Crippen molar-refractivity contribution in [2.45, 2.75) is 20.8 Å². The molecule has 0 bridgehead atoms. The molecule has 0 N–H and O–H groups in total. The van der Waals surface area contributed by atoms with Crippen LogP contribution in [0.1, 0.15) is 16.8 Å². The van der Waals surface area contributed by atoms with E-state index in [1.807, 2.05) is 45.0 Å². The van der Waals surface area contributed by atoms with E-state index in [0.717, 1.165) is 27.9 Å². The number of halogens is 1. The Kier molecular flexibility index (Phi) is 3.89. The highest BCUT2D eigenvalue weighted by Gasteiger charge is 2.17. The lowest BCUT2D eigenvalue weighted by molar-refractivity contribution is 0.790. The van der Waals surface area contributed by atoms with Crippen LogP contribution in [0.5, 0.6) is 0 Å². The highest BCUT2D eigenvalue weighted by Crippen LogP contribution is 2.22. The Hall–Kier alpha value is -2.92. The Bertz CT molecular complexity index is 1210. The number of nitrogens with zero attached hydrogens (tertiary/aromatic N) is 4. The molecule has 0 unspecified atom stereocenters. The van der Waals surface area contributed by atoms with Crippen molar-refractivity contribution in [2.24, 2.45) is 0 Å². The quantitative estimate of drug-likeness (QED) is 0.537. The predicted octanol–water partition coefficient (Wildman–Crippen LogP) is 4.15. The van der Waals surface area contributed by atoms with Crippen LogP contribution in [-0.2, 0) is 0 Å². The highest BCUT2D eigenvalue weighted by molar-refractivity contribution is 6.30. The minimum Gasteiger partial charge on any atom is -0.265 e. The molecule has 0 spiro atoms. The molecule has 0 fully saturated rings. The van der Waals surface area contributed by atoms with Crippen molar-refractivity contribution < 1.29 is 0 Å². The minimum absolute atomic E-state index is 0.230. The Morgan fingerprint density at radius 3 is 2.54 bits per heavy atom. The summed E-state index contributed by atoms with van der Waals surface area (Å²) in [6.45, 7) is 5.95. The average molecular weight is 365 g/mol. The van der Waals surface area contributed by atoms with Crippen molar-refractivity contribution in [1.82, 2.24) is 19.6 Å². The summed E-state index contributed by atoms with van der Waals surface area (Å²) in [5.41, 5.74) is 4.75. The van der Waals surface area contributed by atoms with Crippen LogP contribution in [0.2, 0.25) is 5.02 Å². The maximum atomic E-state index is 13.2. The molecule has 0 atom stereocenters. The minimum atomic E-state index is -0.230. The zero-order chi connectivity index (χ0) is 18.4. The molecule has 0 amide bonds. The van der Waals surface area contributed by atoms with Crippen LogP contribution in [0.3, 0.4) is 0 Å². The summed E-state index contributed by atoms with van der Waals surface area (Å²) in [7, 11) is 0. The average Bonchev–Trinajstić information content (AvgIpc) is 3.06. The van der Waals surface area contributed by atoms with Gasteiger partial charge in [0, 0.05) is 10.4 Å². The number of fused-ring (bicyclic) bond motifs is 1. The molecule has 4 rings (SSSR count). The largest absolute Gasteiger partial charge is 0.298 e. The molecular weight excluding hydrogens is 348 g/mol. The number of hydrogen-bond donors (Lipinski definition) is 0. The van der Waals surface area contributed by atoms with Gasteiger partial charge in [-0.1, -0.05) is 29.8 Å². The van der Waals surface area contributed by atoms with Crippen LogP contribution in [0.4, 0.5) is 0 Å². The van der Waals surface area contributed by atoms with Crippen LogP contribution >= 0.6 is 11.6 Å². The van der Waals surface area contributed by atoms with Crippen LogP contribution < -0.4 is 5.56 Å². The lowest BCUT2D eigenvalue weighted by Crippen LogP contribution is -2.24. The first-order valence-electron chi connectivity index (χ1n) is 8.27. The molecule has 6 heteroatoms. The third-order valence-electron chi connectivity index (χ3n) is 4.66. The SMILES string of the molecule is Cc1cccc(-n2ncc3c(C)nn(-c4cccc(Cl)c4)c(=O)c32)c1C. The van der Waals surface area contributed by atoms with Crippen molar-refractivity contribution in [2.75, 3.05) is 0 Å². The fourth-order valence-electron chi connectivity index (χ4n) is 3.10. The van der Waals surface area contributed by atoms with Crippen molar-refractivity contribution in [3.8, 4) is 11.4 Å². The molecule has 0 aliphatic rings. The second kappa shape index (κ2) is 6.11. The van der Waals surface area contributed by atoms with Crippen LogP contribution in [0.25, 0.3) is 22.3 Å². The molecule has 130 valence electrons. The molecule has 0 saturated heterocycles. The topological polar surface area (TPSA) is 52.7 Å². The molecule has 0 aliphatic carbocycles. The first-order chi connectivity index (χ1) is 12.5. The lowest BCUT2D eigenvalue weighted by atomic mass is 10.1. The molecule has 0 saturated carbocycles. The summed E-state index contributed by atoms with van der Waals surface area (Å²) in [5.74, 6) is 0. The Labute approximate surface area is 155 Å². The Balaban J connectivity index is 2.07. The van der Waals surface area contributed by atoms with Crippen LogP contribution in [-0.4, -0.2) is 19.6 Å². The van der Waals surface area contributed by atoms with Gasteiger partial charge in [-0.2, -0.15) is 14.9 Å². The van der Waals surface area contributed by atoms with Crippen molar-refractivity contribution in [1.29, 1.82) is 0 Å². The zero-order valence-electron chi connectivity index (χ0n) is 14.7. The van der Waals surface area contributed by atoms with Gasteiger partial charge < -0.3 is 0 Å². The van der Waals surface area contributed by atoms with E-state index in [1.54, 1.807) is 29.1 Å². The van der Waals surface area contributed by atoms with E-state index in [1.165, 1.54) is 4.68 Å². The summed E-state index contributed by atoms with van der Waals surface area (Å²) in [6.07, 6.45) is 1.70. The number of aromatic nitrogens is 4. The van der Waals surface area contributed by atoms with Gasteiger partial charge in [0.25, 0.3) is 5.56 Å². The van der Waals surface area contributed by atoms with Gasteiger partial charge in [0.15, 0.2) is 0 Å². The Morgan fingerprint density at radius 2 is 1.77 bits per heavy atom. The summed E-state index contributed by atoms with van der Waals surface area (Å²) in [6, 6.07) is 13.1. The van der Waals surface area contributed by atoms with Gasteiger partial charge in [0.2, 0.25) is 0 Å². The second-order valence-electron chi connectivity index (χ2n) is 6.32. The van der Waals surface area contributed by atoms with Gasteiger partial charge >= 0.3 is 0 Å². The summed E-state index contributed by atoms with van der Waals surface area (Å²) in [5, 5.41) is 10.2. The van der Waals surface area contributed by atoms with E-state index >= 15 is 0 Å². The molecule has 0 aliphatic heterocycles. The Morgan fingerprint density at radius 1 is 1.00 bits per heavy atom. The van der Waals surface area contributed by atoms with Crippen LogP contribution in [0, 0.1) is 20.8 Å². The van der Waals surface area contributed by atoms with Crippen molar-refractivity contribution in [3.05, 3.63) is 80.9 Å². The van der Waals surface area contributed by atoms with Crippen molar-refractivity contribution >= 4 is 22.5 Å². The number of benzene rings is 2. The normalized spacial score (nSPS) is 11.2. The monoisotopic (exact) mass is 364 g/mol. The molecule has 2 aromatic heterocycles. The van der Waals surface area contributed by atoms with E-state index in [4.69, 9.17) is 11.6 Å². The number of rotatable bonds is 2. The maximum absolute atomic E-state index is 13.2. The van der Waals surface area contributed by atoms with Gasteiger partial charge in [-0.15, -0.1) is 0 Å². The molecule has 0 radical (unpaired) electrons. The molecule has 2 heterocycles. The molecular formula is C20H17ClN4O. The van der Waals surface area contributed by atoms with Gasteiger partial charge in [-0.25, -0.2) is 4.68 Å². The van der Waals surface area contributed by atoms with Crippen LogP contribution in [0.15, 0.2) is 53.5 Å². The van der Waals surface area contributed by atoms with Gasteiger partial charge in [0.05, 0.1) is 23.3 Å². The lowest BCUT2D eigenvalue weighted by Gasteiger charge is -2.11. The van der Waals surface area contributed by atoms with Gasteiger partial charge in [0.1, 0.15) is 5.52 Å². The molecule has 4 aromatic rings. The predicted molar refractivity (Wildman–Crippen MR) is 104 cm³/mol. The third-order valence-corrected chi connectivity index (χ3v) is 4.90. The number of hydrogen-bond acceptors (Lipinski definition) is 3. The smallest absolute Gasteiger partial charge is 0.265 e. The van der Waals surface area contributed by atoms with E-state index in [9.17, 15) is 4.79 Å². The first-order valence-corrected chi connectivity index (χ1v) is 8.65. The molecule has 26 heavy (non-hydrogen) atoms. The van der Waals surface area contributed by atoms with E-state index in [-0.39, 0.29) is 5.56 Å². The summed E-state index contributed by atoms with van der Waals surface area (Å²) >= 11 is 6.09. The molecule has 5 nitrogen and oxygen atoms in total. The highest BCUT2D eigenvalue weighted by atomic mass is 35.5. The standard InChI is InChI=1S/C20H17ClN4O/c1-12-6-4-9-18(13(12)2)25-19-17(11-22-25)14(3)23-24(20(19)26)16-8-5-7-15(21)10-16/h4-11H,1-3H3. The van der Waals surface area contributed by atoms with E-state index in [2.05, 4.69) is 10.2 Å². The van der Waals surface area contributed by atoms with Gasteiger partial charge in [-0.3, -0.25) is 4.79 Å². The van der Waals surface area contributed by atoms with E-state index < -0.39 is 0 Å². The van der Waals surface area contributed by atoms with Gasteiger partial charge in [-0.05, 0) is 56.2 Å². The summed E-state index contributed by atoms with van der Waals surface area (Å²) in [4.78, 5) is 13.2. The number of aryl methyl sites for hydroxylation is 2. The van der Waals surface area contributed by atoms with Crippen molar-refractivity contribution in [3.63, 3.8) is 0 Å². The fourth-order valence-corrected chi connectivity index (χ4v) is 3.28. The third kappa shape index (κ3) is 2.52. The maximum Gasteiger partial charge on any atom is 0.298 e. The first kappa shape index (κ1) is 16.5.